The zero-order valence-corrected chi connectivity index (χ0v) is 15.9. The van der Waals surface area contributed by atoms with E-state index in [9.17, 15) is 22.8 Å². The van der Waals surface area contributed by atoms with Gasteiger partial charge in [-0.1, -0.05) is 6.92 Å². The molecule has 2 amide bonds. The maximum Gasteiger partial charge on any atom is 0.471 e. The molecule has 152 valence electrons. The second-order valence-corrected chi connectivity index (χ2v) is 7.33. The van der Waals surface area contributed by atoms with E-state index in [0.29, 0.717) is 37.6 Å². The molecule has 0 aromatic rings. The van der Waals surface area contributed by atoms with Crippen molar-refractivity contribution >= 4 is 24.2 Å². The lowest BCUT2D eigenvalue weighted by Crippen LogP contribution is -2.46. The SMILES string of the molecule is CC(CC(=O)NCC1CCN(C(=O)C(F)(F)F)CC1)C1CCCNC1.Cl. The van der Waals surface area contributed by atoms with Gasteiger partial charge in [-0.15, -0.1) is 12.4 Å². The fourth-order valence-corrected chi connectivity index (χ4v) is 3.67. The van der Waals surface area contributed by atoms with Crippen molar-refractivity contribution in [3.05, 3.63) is 0 Å². The molecular formula is C17H29ClF3N3O2. The van der Waals surface area contributed by atoms with E-state index >= 15 is 0 Å². The minimum absolute atomic E-state index is 0. The Morgan fingerprint density at radius 1 is 1.23 bits per heavy atom. The highest BCUT2D eigenvalue weighted by Gasteiger charge is 2.43. The van der Waals surface area contributed by atoms with Crippen molar-refractivity contribution in [1.29, 1.82) is 0 Å². The summed E-state index contributed by atoms with van der Waals surface area (Å²) in [6.07, 6.45) is -1.05. The van der Waals surface area contributed by atoms with Crippen LogP contribution in [0.25, 0.3) is 0 Å². The number of nitrogens with zero attached hydrogens (tertiary/aromatic N) is 1. The second-order valence-electron chi connectivity index (χ2n) is 7.33. The highest BCUT2D eigenvalue weighted by Crippen LogP contribution is 2.24. The summed E-state index contributed by atoms with van der Waals surface area (Å²) in [5.41, 5.74) is 0. The molecule has 2 N–H and O–H groups in total. The minimum Gasteiger partial charge on any atom is -0.356 e. The monoisotopic (exact) mass is 399 g/mol. The normalized spacial score (nSPS) is 23.1. The molecule has 2 saturated heterocycles. The minimum atomic E-state index is -4.80. The van der Waals surface area contributed by atoms with Gasteiger partial charge in [0.05, 0.1) is 0 Å². The van der Waals surface area contributed by atoms with Crippen molar-refractivity contribution in [1.82, 2.24) is 15.5 Å². The highest BCUT2D eigenvalue weighted by molar-refractivity contribution is 5.85. The number of hydrogen-bond acceptors (Lipinski definition) is 3. The van der Waals surface area contributed by atoms with Crippen LogP contribution in [0.1, 0.15) is 39.0 Å². The zero-order valence-electron chi connectivity index (χ0n) is 15.1. The van der Waals surface area contributed by atoms with E-state index in [0.717, 1.165) is 30.8 Å². The number of alkyl halides is 3. The Labute approximate surface area is 158 Å². The lowest BCUT2D eigenvalue weighted by molar-refractivity contribution is -0.186. The summed E-state index contributed by atoms with van der Waals surface area (Å²) in [5.74, 6) is -0.778. The molecule has 5 nitrogen and oxygen atoms in total. The van der Waals surface area contributed by atoms with Gasteiger partial charge in [0.2, 0.25) is 5.91 Å². The van der Waals surface area contributed by atoms with Crippen LogP contribution in [-0.2, 0) is 9.59 Å². The van der Waals surface area contributed by atoms with Crippen molar-refractivity contribution < 1.29 is 22.8 Å². The van der Waals surface area contributed by atoms with Crippen molar-refractivity contribution in [3.8, 4) is 0 Å². The van der Waals surface area contributed by atoms with Crippen LogP contribution in [0.2, 0.25) is 0 Å². The Morgan fingerprint density at radius 3 is 2.42 bits per heavy atom. The molecule has 2 aliphatic heterocycles. The highest BCUT2D eigenvalue weighted by atomic mass is 35.5. The van der Waals surface area contributed by atoms with Crippen LogP contribution in [0.3, 0.4) is 0 Å². The summed E-state index contributed by atoms with van der Waals surface area (Å²) < 4.78 is 37.2. The molecule has 0 aliphatic carbocycles. The number of halogens is 4. The Balaban J connectivity index is 0.00000338. The average Bonchev–Trinajstić information content (AvgIpc) is 2.59. The Hall–Kier alpha value is -1.02. The molecular weight excluding hydrogens is 371 g/mol. The lowest BCUT2D eigenvalue weighted by Gasteiger charge is -2.32. The van der Waals surface area contributed by atoms with Gasteiger partial charge >= 0.3 is 12.1 Å². The molecule has 2 unspecified atom stereocenters. The van der Waals surface area contributed by atoms with Crippen molar-refractivity contribution in [2.75, 3.05) is 32.7 Å². The number of amides is 2. The van der Waals surface area contributed by atoms with E-state index in [4.69, 9.17) is 0 Å². The largest absolute Gasteiger partial charge is 0.471 e. The van der Waals surface area contributed by atoms with E-state index in [2.05, 4.69) is 17.6 Å². The number of carbonyl (C=O) groups is 2. The standard InChI is InChI=1S/C17H28F3N3O2.ClH/c1-12(14-3-2-6-21-11-14)9-15(24)22-10-13-4-7-23(8-5-13)16(25)17(18,19)20;/h12-14,21H,2-11H2,1H3,(H,22,24);1H. The molecule has 2 aliphatic rings. The third kappa shape index (κ3) is 6.95. The van der Waals surface area contributed by atoms with Crippen LogP contribution < -0.4 is 10.6 Å². The van der Waals surface area contributed by atoms with Gasteiger partial charge in [-0.3, -0.25) is 9.59 Å². The molecule has 0 saturated carbocycles. The summed E-state index contributed by atoms with van der Waals surface area (Å²) in [5, 5.41) is 6.26. The van der Waals surface area contributed by atoms with Crippen molar-refractivity contribution in [3.63, 3.8) is 0 Å². The van der Waals surface area contributed by atoms with Gasteiger partial charge in [-0.05, 0) is 56.5 Å². The third-order valence-corrected chi connectivity index (χ3v) is 5.38. The Bertz CT molecular complexity index is 463. The predicted octanol–water partition coefficient (Wildman–Crippen LogP) is 2.35. The quantitative estimate of drug-likeness (QED) is 0.746. The zero-order chi connectivity index (χ0) is 18.4. The maximum atomic E-state index is 12.4. The smallest absolute Gasteiger partial charge is 0.356 e. The third-order valence-electron chi connectivity index (χ3n) is 5.38. The van der Waals surface area contributed by atoms with Crippen LogP contribution in [-0.4, -0.2) is 55.6 Å². The van der Waals surface area contributed by atoms with Gasteiger partial charge in [-0.2, -0.15) is 13.2 Å². The molecule has 0 bridgehead atoms. The summed E-state index contributed by atoms with van der Waals surface area (Å²) in [4.78, 5) is 24.1. The van der Waals surface area contributed by atoms with Gasteiger partial charge < -0.3 is 15.5 Å². The van der Waals surface area contributed by atoms with Gasteiger partial charge in [0.1, 0.15) is 0 Å². The number of hydrogen-bond donors (Lipinski definition) is 2. The van der Waals surface area contributed by atoms with Crippen molar-refractivity contribution in [2.45, 2.75) is 45.2 Å². The second kappa shape index (κ2) is 10.3. The first kappa shape index (κ1) is 23.0. The predicted molar refractivity (Wildman–Crippen MR) is 95.0 cm³/mol. The Kier molecular flexibility index (Phi) is 9.16. The first-order valence-corrected chi connectivity index (χ1v) is 9.11. The van der Waals surface area contributed by atoms with Gasteiger partial charge in [0.15, 0.2) is 0 Å². The number of rotatable bonds is 5. The fraction of sp³-hybridized carbons (Fsp3) is 0.882. The molecule has 2 fully saturated rings. The van der Waals surface area contributed by atoms with E-state index in [-0.39, 0.29) is 37.3 Å². The number of piperidine rings is 2. The Morgan fingerprint density at radius 2 is 1.88 bits per heavy atom. The molecule has 0 spiro atoms. The lowest BCUT2D eigenvalue weighted by atomic mass is 9.85. The van der Waals surface area contributed by atoms with Crippen LogP contribution in [0.4, 0.5) is 13.2 Å². The average molecular weight is 400 g/mol. The summed E-state index contributed by atoms with van der Waals surface area (Å²) >= 11 is 0. The van der Waals surface area contributed by atoms with Crippen LogP contribution in [0.15, 0.2) is 0 Å². The molecule has 0 aromatic carbocycles. The number of carbonyl (C=O) groups excluding carboxylic acids is 2. The fourth-order valence-electron chi connectivity index (χ4n) is 3.67. The number of likely N-dealkylation sites (tertiary alicyclic amines) is 1. The van der Waals surface area contributed by atoms with E-state index < -0.39 is 12.1 Å². The van der Waals surface area contributed by atoms with Gasteiger partial charge in [0.25, 0.3) is 0 Å². The molecule has 9 heteroatoms. The molecule has 2 rings (SSSR count). The van der Waals surface area contributed by atoms with E-state index in [1.165, 1.54) is 0 Å². The van der Waals surface area contributed by atoms with Gasteiger partial charge in [-0.25, -0.2) is 0 Å². The maximum absolute atomic E-state index is 12.4. The summed E-state index contributed by atoms with van der Waals surface area (Å²) in [6.45, 7) is 4.78. The number of nitrogens with one attached hydrogen (secondary N) is 2. The van der Waals surface area contributed by atoms with Crippen LogP contribution in [0, 0.1) is 17.8 Å². The molecule has 26 heavy (non-hydrogen) atoms. The topological polar surface area (TPSA) is 61.4 Å². The molecule has 2 atom stereocenters. The summed E-state index contributed by atoms with van der Waals surface area (Å²) in [6, 6.07) is 0. The molecule has 0 aromatic heterocycles. The first-order chi connectivity index (χ1) is 11.8. The van der Waals surface area contributed by atoms with Crippen LogP contribution in [0.5, 0.6) is 0 Å². The molecule has 2 heterocycles. The molecule has 0 radical (unpaired) electrons. The van der Waals surface area contributed by atoms with E-state index in [1.54, 1.807) is 0 Å². The van der Waals surface area contributed by atoms with Crippen LogP contribution >= 0.6 is 12.4 Å². The van der Waals surface area contributed by atoms with E-state index in [1.807, 2.05) is 0 Å². The van der Waals surface area contributed by atoms with Crippen molar-refractivity contribution in [2.24, 2.45) is 17.8 Å². The first-order valence-electron chi connectivity index (χ1n) is 9.11. The summed E-state index contributed by atoms with van der Waals surface area (Å²) in [7, 11) is 0. The van der Waals surface area contributed by atoms with Gasteiger partial charge in [0, 0.05) is 26.1 Å².